The second kappa shape index (κ2) is 8.08. The first-order valence-corrected chi connectivity index (χ1v) is 10.1. The molecule has 1 fully saturated rings. The molecule has 2 heterocycles. The first-order valence-electron chi connectivity index (χ1n) is 9.33. The fourth-order valence-corrected chi connectivity index (χ4v) is 4.11. The molecule has 6 nitrogen and oxygen atoms in total. The summed E-state index contributed by atoms with van der Waals surface area (Å²) in [5.41, 5.74) is 2.30. The lowest BCUT2D eigenvalue weighted by atomic mass is 10.1. The van der Waals surface area contributed by atoms with Gasteiger partial charge in [0.1, 0.15) is 10.8 Å². The summed E-state index contributed by atoms with van der Waals surface area (Å²) in [6, 6.07) is 13.4. The molecule has 0 saturated carbocycles. The lowest BCUT2D eigenvalue weighted by molar-refractivity contribution is -0.117. The molecule has 1 aliphatic rings. The van der Waals surface area contributed by atoms with Gasteiger partial charge in [-0.05, 0) is 42.3 Å². The predicted molar refractivity (Wildman–Crippen MR) is 110 cm³/mol. The van der Waals surface area contributed by atoms with Gasteiger partial charge in [0, 0.05) is 30.1 Å². The number of anilines is 2. The number of aromatic nitrogens is 2. The quantitative estimate of drug-likeness (QED) is 0.690. The van der Waals surface area contributed by atoms with Crippen LogP contribution >= 0.6 is 11.3 Å². The minimum atomic E-state index is -0.480. The highest BCUT2D eigenvalue weighted by atomic mass is 32.1. The van der Waals surface area contributed by atoms with Gasteiger partial charge in [0.25, 0.3) is 5.91 Å². The van der Waals surface area contributed by atoms with Crippen molar-refractivity contribution in [3.8, 4) is 0 Å². The van der Waals surface area contributed by atoms with Crippen LogP contribution in [0.25, 0.3) is 0 Å². The molecular weight excluding hydrogens is 391 g/mol. The number of carbonyl (C=O) groups excluding carboxylic acids is 2. The Morgan fingerprint density at radius 2 is 2.03 bits per heavy atom. The Bertz CT molecular complexity index is 1050. The van der Waals surface area contributed by atoms with E-state index in [-0.39, 0.29) is 17.4 Å². The van der Waals surface area contributed by atoms with Gasteiger partial charge in [-0.15, -0.1) is 10.2 Å². The fourth-order valence-electron chi connectivity index (χ4n) is 3.28. The van der Waals surface area contributed by atoms with Crippen LogP contribution in [-0.2, 0) is 11.2 Å². The van der Waals surface area contributed by atoms with Gasteiger partial charge in [-0.3, -0.25) is 14.9 Å². The normalized spacial score (nSPS) is 16.3. The first kappa shape index (κ1) is 19.2. The second-order valence-corrected chi connectivity index (χ2v) is 7.84. The number of rotatable bonds is 5. The van der Waals surface area contributed by atoms with Crippen LogP contribution in [0.1, 0.15) is 40.2 Å². The smallest absolute Gasteiger partial charge is 0.257 e. The molecule has 1 saturated heterocycles. The Hall–Kier alpha value is -3.13. The highest BCUT2D eigenvalue weighted by Crippen LogP contribution is 2.34. The topological polar surface area (TPSA) is 75.2 Å². The SMILES string of the molecule is CCc1ccc(N2CC(c3nnc(NC(=O)c4cccc(F)c4)s3)CC2=O)cc1. The second-order valence-electron chi connectivity index (χ2n) is 6.84. The van der Waals surface area contributed by atoms with E-state index >= 15 is 0 Å². The third-order valence-electron chi connectivity index (χ3n) is 4.88. The fraction of sp³-hybridized carbons (Fsp3) is 0.238. The van der Waals surface area contributed by atoms with Crippen molar-refractivity contribution in [3.63, 3.8) is 0 Å². The molecule has 2 aromatic carbocycles. The van der Waals surface area contributed by atoms with Gasteiger partial charge in [0.2, 0.25) is 11.0 Å². The van der Waals surface area contributed by atoms with Gasteiger partial charge < -0.3 is 4.90 Å². The van der Waals surface area contributed by atoms with Crippen LogP contribution in [0.5, 0.6) is 0 Å². The Kier molecular flexibility index (Phi) is 5.35. The largest absolute Gasteiger partial charge is 0.312 e. The van der Waals surface area contributed by atoms with Crippen LogP contribution in [0.15, 0.2) is 48.5 Å². The summed E-state index contributed by atoms with van der Waals surface area (Å²) in [6.07, 6.45) is 1.30. The van der Waals surface area contributed by atoms with Crippen molar-refractivity contribution in [1.29, 1.82) is 0 Å². The molecule has 2 amide bonds. The molecule has 3 aromatic rings. The Morgan fingerprint density at radius 1 is 1.24 bits per heavy atom. The van der Waals surface area contributed by atoms with Gasteiger partial charge in [0.05, 0.1) is 0 Å². The van der Waals surface area contributed by atoms with Gasteiger partial charge in [-0.1, -0.05) is 36.5 Å². The molecule has 0 aliphatic carbocycles. The molecule has 1 unspecified atom stereocenters. The van der Waals surface area contributed by atoms with Crippen LogP contribution in [0.4, 0.5) is 15.2 Å². The molecule has 8 heteroatoms. The molecule has 1 aliphatic heterocycles. The van der Waals surface area contributed by atoms with Crippen LogP contribution in [0.2, 0.25) is 0 Å². The van der Waals surface area contributed by atoms with E-state index in [1.54, 1.807) is 4.90 Å². The van der Waals surface area contributed by atoms with Gasteiger partial charge in [-0.2, -0.15) is 0 Å². The van der Waals surface area contributed by atoms with Gasteiger partial charge in [-0.25, -0.2) is 4.39 Å². The minimum absolute atomic E-state index is 0.0415. The zero-order chi connectivity index (χ0) is 20.4. The molecule has 4 rings (SSSR count). The summed E-state index contributed by atoms with van der Waals surface area (Å²) >= 11 is 1.24. The number of hydrogen-bond donors (Lipinski definition) is 1. The average Bonchev–Trinajstić information content (AvgIpc) is 3.34. The lowest BCUT2D eigenvalue weighted by Gasteiger charge is -2.16. The molecule has 1 aromatic heterocycles. The average molecular weight is 410 g/mol. The zero-order valence-corrected chi connectivity index (χ0v) is 16.6. The molecule has 29 heavy (non-hydrogen) atoms. The van der Waals surface area contributed by atoms with E-state index < -0.39 is 11.7 Å². The summed E-state index contributed by atoms with van der Waals surface area (Å²) in [5.74, 6) is -0.968. The highest BCUT2D eigenvalue weighted by molar-refractivity contribution is 7.15. The summed E-state index contributed by atoms with van der Waals surface area (Å²) in [7, 11) is 0. The Labute approximate surface area is 171 Å². The standard InChI is InChI=1S/C21H19FN4O2S/c1-2-13-6-8-17(9-7-13)26-12-15(11-18(26)27)20-24-25-21(29-20)23-19(28)14-4-3-5-16(22)10-14/h3-10,15H,2,11-12H2,1H3,(H,23,25,28). The molecule has 0 spiro atoms. The van der Waals surface area contributed by atoms with E-state index in [2.05, 4.69) is 22.4 Å². The van der Waals surface area contributed by atoms with Crippen molar-refractivity contribution >= 4 is 34.0 Å². The number of aryl methyl sites for hydroxylation is 1. The van der Waals surface area contributed by atoms with E-state index in [1.807, 2.05) is 24.3 Å². The number of benzene rings is 2. The molecular formula is C21H19FN4O2S. The summed E-state index contributed by atoms with van der Waals surface area (Å²) in [6.45, 7) is 2.61. The Morgan fingerprint density at radius 3 is 2.76 bits per heavy atom. The minimum Gasteiger partial charge on any atom is -0.312 e. The monoisotopic (exact) mass is 410 g/mol. The van der Waals surface area contributed by atoms with Gasteiger partial charge >= 0.3 is 0 Å². The van der Waals surface area contributed by atoms with Crippen molar-refractivity contribution in [1.82, 2.24) is 10.2 Å². The number of hydrogen-bond acceptors (Lipinski definition) is 5. The molecule has 0 radical (unpaired) electrons. The lowest BCUT2D eigenvalue weighted by Crippen LogP contribution is -2.24. The third-order valence-corrected chi connectivity index (χ3v) is 5.88. The van der Waals surface area contributed by atoms with E-state index in [1.165, 1.54) is 35.1 Å². The zero-order valence-electron chi connectivity index (χ0n) is 15.8. The summed E-state index contributed by atoms with van der Waals surface area (Å²) in [5, 5.41) is 11.8. The highest BCUT2D eigenvalue weighted by Gasteiger charge is 2.34. The molecule has 0 bridgehead atoms. The van der Waals surface area contributed by atoms with E-state index in [0.717, 1.165) is 18.2 Å². The maximum Gasteiger partial charge on any atom is 0.257 e. The van der Waals surface area contributed by atoms with Crippen molar-refractivity contribution in [2.24, 2.45) is 0 Å². The molecule has 1 N–H and O–H groups in total. The summed E-state index contributed by atoms with van der Waals surface area (Å²) in [4.78, 5) is 26.5. The van der Waals surface area contributed by atoms with Crippen molar-refractivity contribution < 1.29 is 14.0 Å². The van der Waals surface area contributed by atoms with Crippen molar-refractivity contribution in [2.45, 2.75) is 25.7 Å². The third kappa shape index (κ3) is 4.17. The molecule has 148 valence electrons. The van der Waals surface area contributed by atoms with Gasteiger partial charge in [0.15, 0.2) is 0 Å². The van der Waals surface area contributed by atoms with Crippen molar-refractivity contribution in [3.05, 3.63) is 70.5 Å². The number of nitrogens with one attached hydrogen (secondary N) is 1. The summed E-state index contributed by atoms with van der Waals surface area (Å²) < 4.78 is 13.3. The van der Waals surface area contributed by atoms with Crippen LogP contribution in [-0.4, -0.2) is 28.6 Å². The predicted octanol–water partition coefficient (Wildman–Crippen LogP) is 4.01. The van der Waals surface area contributed by atoms with Crippen LogP contribution in [0, 0.1) is 5.82 Å². The number of amides is 2. The number of nitrogens with zero attached hydrogens (tertiary/aromatic N) is 3. The van der Waals surface area contributed by atoms with Crippen molar-refractivity contribution in [2.75, 3.05) is 16.8 Å². The van der Waals surface area contributed by atoms with Crippen LogP contribution in [0.3, 0.4) is 0 Å². The van der Waals surface area contributed by atoms with E-state index in [4.69, 9.17) is 0 Å². The first-order chi connectivity index (χ1) is 14.0. The maximum absolute atomic E-state index is 13.3. The maximum atomic E-state index is 13.3. The number of halogens is 1. The molecule has 1 atom stereocenters. The van der Waals surface area contributed by atoms with E-state index in [0.29, 0.717) is 23.1 Å². The Balaban J connectivity index is 1.44. The number of carbonyl (C=O) groups is 2. The van der Waals surface area contributed by atoms with E-state index in [9.17, 15) is 14.0 Å². The van der Waals surface area contributed by atoms with Crippen LogP contribution < -0.4 is 10.2 Å².